The van der Waals surface area contributed by atoms with E-state index >= 15 is 0 Å². The molecule has 0 heterocycles. The fourth-order valence-electron chi connectivity index (χ4n) is 19.6. The quantitative estimate of drug-likeness (QED) is 0.212. The summed E-state index contributed by atoms with van der Waals surface area (Å²) in [5.41, 5.74) is 0. The van der Waals surface area contributed by atoms with Gasteiger partial charge in [-0.25, -0.2) is 0 Å². The average Bonchev–Trinajstić information content (AvgIpc) is 3.84. The summed E-state index contributed by atoms with van der Waals surface area (Å²) in [6.07, 6.45) is 102. The van der Waals surface area contributed by atoms with Crippen molar-refractivity contribution >= 4 is 0 Å². The van der Waals surface area contributed by atoms with E-state index in [2.05, 4.69) is 0 Å². The molecule has 0 saturated heterocycles. The third kappa shape index (κ3) is 29.3. The Kier molecular flexibility index (Phi) is 36.7. The Labute approximate surface area is 498 Å². The summed E-state index contributed by atoms with van der Waals surface area (Å²) in [6.45, 7) is 0. The van der Waals surface area contributed by atoms with Crippen LogP contribution in [0.5, 0.6) is 0 Å². The van der Waals surface area contributed by atoms with E-state index in [9.17, 15) is 0 Å². The van der Waals surface area contributed by atoms with Crippen molar-refractivity contribution < 1.29 is 0 Å². The van der Waals surface area contributed by atoms with Crippen LogP contribution in [0, 0.1) is 71.0 Å². The molecule has 0 radical (unpaired) electrons. The summed E-state index contributed by atoms with van der Waals surface area (Å²) in [5, 5.41) is 0. The minimum atomic E-state index is 1.16. The Bertz CT molecular complexity index is 1170. The fraction of sp³-hybridized carbons (Fsp3) is 1.00. The van der Waals surface area contributed by atoms with E-state index in [1.54, 1.807) is 141 Å². The van der Waals surface area contributed by atoms with E-state index in [0.717, 1.165) is 11.8 Å². The summed E-state index contributed by atoms with van der Waals surface area (Å²) >= 11 is 0. The predicted molar refractivity (Wildman–Crippen MR) is 351 cm³/mol. The molecule has 6 atom stereocenters. The Morgan fingerprint density at radius 3 is 0.481 bits per heavy atom. The van der Waals surface area contributed by atoms with Crippen molar-refractivity contribution in [3.05, 3.63) is 0 Å². The van der Waals surface area contributed by atoms with Crippen LogP contribution in [0.2, 0.25) is 0 Å². The molecule has 17 aliphatic rings. The van der Waals surface area contributed by atoms with Crippen LogP contribution in [-0.2, 0) is 0 Å². The summed E-state index contributed by atoms with van der Waals surface area (Å²) < 4.78 is 0. The molecule has 17 aliphatic carbocycles. The van der Waals surface area contributed by atoms with Gasteiger partial charge in [-0.2, -0.15) is 0 Å². The maximum absolute atomic E-state index is 1.62. The lowest BCUT2D eigenvalue weighted by Crippen LogP contribution is -2.43. The normalized spacial score (nSPS) is 36.8. The smallest absolute Gasteiger partial charge is 0.0352 e. The maximum Gasteiger partial charge on any atom is -0.0352 e. The number of fused-ring (bicyclic) bond motifs is 7. The lowest BCUT2D eigenvalue weighted by Gasteiger charge is -2.51. The van der Waals surface area contributed by atoms with Crippen molar-refractivity contribution in [3.63, 3.8) is 0 Å². The second kappa shape index (κ2) is 43.6. The Morgan fingerprint density at radius 2 is 0.278 bits per heavy atom. The molecule has 79 heavy (non-hydrogen) atoms. The zero-order valence-corrected chi connectivity index (χ0v) is 54.3. The Balaban J connectivity index is 0.000000132. The van der Waals surface area contributed by atoms with Crippen molar-refractivity contribution in [2.75, 3.05) is 0 Å². The minimum Gasteiger partial charge on any atom is -0.0533 e. The van der Waals surface area contributed by atoms with Gasteiger partial charge in [-0.3, -0.25) is 0 Å². The van der Waals surface area contributed by atoms with Gasteiger partial charge in [-0.1, -0.05) is 347 Å². The summed E-state index contributed by atoms with van der Waals surface area (Å²) in [6, 6.07) is 0. The molecule has 17 rings (SSSR count). The van der Waals surface area contributed by atoms with Crippen molar-refractivity contribution in [2.45, 2.75) is 430 Å². The van der Waals surface area contributed by atoms with Gasteiger partial charge in [0.15, 0.2) is 0 Å². The first-order chi connectivity index (χ1) is 39.3. The van der Waals surface area contributed by atoms with Gasteiger partial charge in [0, 0.05) is 0 Å². The first-order valence-corrected chi connectivity index (χ1v) is 39.3. The van der Waals surface area contributed by atoms with Gasteiger partial charge >= 0.3 is 0 Å². The van der Waals surface area contributed by atoms with Crippen LogP contribution in [-0.4, -0.2) is 0 Å². The summed E-state index contributed by atoms with van der Waals surface area (Å²) in [7, 11) is 0. The number of hydrogen-bond donors (Lipinski definition) is 0. The number of rotatable bonds is 0. The molecule has 0 spiro atoms. The molecular formula is C79H146. The van der Waals surface area contributed by atoms with Crippen molar-refractivity contribution in [1.82, 2.24) is 0 Å². The molecule has 462 valence electrons. The van der Waals surface area contributed by atoms with Gasteiger partial charge in [0.2, 0.25) is 0 Å². The highest BCUT2D eigenvalue weighted by atomic mass is 14.5. The van der Waals surface area contributed by atoms with Crippen molar-refractivity contribution in [3.8, 4) is 0 Å². The van der Waals surface area contributed by atoms with E-state index in [1.807, 2.05) is 0 Å². The van der Waals surface area contributed by atoms with Crippen LogP contribution in [0.3, 0.4) is 0 Å². The molecule has 6 unspecified atom stereocenters. The molecule has 6 bridgehead atoms. The Hall–Kier alpha value is 0. The van der Waals surface area contributed by atoms with Crippen LogP contribution in [0.1, 0.15) is 430 Å². The van der Waals surface area contributed by atoms with E-state index in [4.69, 9.17) is 0 Å². The van der Waals surface area contributed by atoms with Gasteiger partial charge < -0.3 is 0 Å². The van der Waals surface area contributed by atoms with Gasteiger partial charge in [0.25, 0.3) is 0 Å². The van der Waals surface area contributed by atoms with E-state index in [-0.39, 0.29) is 0 Å². The molecule has 0 aromatic carbocycles. The average molecular weight is 1100 g/mol. The van der Waals surface area contributed by atoms with Gasteiger partial charge in [0.1, 0.15) is 0 Å². The highest BCUT2D eigenvalue weighted by Gasteiger charge is 2.48. The fourth-order valence-corrected chi connectivity index (χ4v) is 19.6. The zero-order valence-electron chi connectivity index (χ0n) is 54.3. The highest BCUT2D eigenvalue weighted by Crippen LogP contribution is 2.58. The third-order valence-electron chi connectivity index (χ3n) is 24.6. The monoisotopic (exact) mass is 1100 g/mol. The van der Waals surface area contributed by atoms with Crippen molar-refractivity contribution in [2.24, 2.45) is 71.0 Å². The van der Waals surface area contributed by atoms with Gasteiger partial charge in [0.05, 0.1) is 0 Å². The first-order valence-electron chi connectivity index (χ1n) is 39.3. The molecule has 0 aromatic heterocycles. The summed E-state index contributed by atoms with van der Waals surface area (Å²) in [5.74, 6) is 14.1. The number of hydrogen-bond acceptors (Lipinski definition) is 0. The lowest BCUT2D eigenvalue weighted by atomic mass is 9.54. The molecule has 17 fully saturated rings. The molecule has 0 heteroatoms. The zero-order chi connectivity index (χ0) is 54.3. The van der Waals surface area contributed by atoms with Gasteiger partial charge in [-0.05, 0) is 154 Å². The predicted octanol–water partition coefficient (Wildman–Crippen LogP) is 27.6. The molecule has 17 saturated carbocycles. The minimum absolute atomic E-state index is 1.16. The van der Waals surface area contributed by atoms with Gasteiger partial charge in [-0.15, -0.1) is 0 Å². The van der Waals surface area contributed by atoms with E-state index in [0.29, 0.717) is 0 Å². The maximum atomic E-state index is 1.62. The van der Waals surface area contributed by atoms with E-state index < -0.39 is 0 Å². The van der Waals surface area contributed by atoms with Crippen LogP contribution >= 0.6 is 0 Å². The Morgan fingerprint density at radius 1 is 0.101 bits per heavy atom. The molecule has 0 aliphatic heterocycles. The van der Waals surface area contributed by atoms with Crippen LogP contribution < -0.4 is 0 Å². The second-order valence-corrected chi connectivity index (χ2v) is 31.5. The topological polar surface area (TPSA) is 0 Å². The first kappa shape index (κ1) is 66.5. The lowest BCUT2D eigenvalue weighted by molar-refractivity contribution is -0.0184. The van der Waals surface area contributed by atoms with Crippen LogP contribution in [0.15, 0.2) is 0 Å². The second-order valence-electron chi connectivity index (χ2n) is 31.5. The summed E-state index contributed by atoms with van der Waals surface area (Å²) in [4.78, 5) is 0. The van der Waals surface area contributed by atoms with Crippen LogP contribution in [0.25, 0.3) is 0 Å². The highest BCUT2D eigenvalue weighted by molar-refractivity contribution is 4.98. The van der Waals surface area contributed by atoms with Crippen LogP contribution in [0.4, 0.5) is 0 Å². The van der Waals surface area contributed by atoms with Crippen molar-refractivity contribution in [1.29, 1.82) is 0 Å². The largest absolute Gasteiger partial charge is 0.0533 e. The third-order valence-corrected chi connectivity index (χ3v) is 24.6. The van der Waals surface area contributed by atoms with E-state index in [1.165, 1.54) is 348 Å². The molecule has 0 nitrogen and oxygen atoms in total. The standard InChI is InChI=1S/C17H28.C12H24.C10H16.C8H16.C7H12.C7H14.C6H12.C5H10.C4H8.C3H6/c1-2-6-14-12(4-1)8-10-17-15-7-3-5-13(15)9-11-16(14)17;1-2-4-6-8-10-12-11-9-7-5-3-1;1-7-2-9-4-8(1)5-10(3-7)6-9;1-2-4-6-8-7-5-3-1;1-2-7-4-3-6(1)5-7;1-2-4-6-7-5-3-1;1-2-4-6-5-3-1;1-2-4-5-3-1;1-2-4-3-1;1-2-3-1/h12-17H,1-11H2;1-12H2;7-10H,1-6H2;1-8H2;6-7H,1-5H2;1-7H2;1-6H2;1-5H2;1-4H2;1-3H2. The molecule has 0 N–H and O–H groups in total. The SMILES string of the molecule is C1C2CC3CC1CC(C2)C3.C1CC1.C1CC2CCC1C2.C1CCC1.C1CCC2C(C1)CCC1C3CCCC3CCC21.C1CCCC1.C1CCCCC1.C1CCCCCC1.C1CCCCCCC1.C1CCCCCCCCCCC1. The molecular weight excluding hydrogens is 949 g/mol. The molecule has 0 amide bonds. The molecule has 0 aromatic rings.